The number of aryl methyl sites for hydroxylation is 1. The third kappa shape index (κ3) is 4.39. The summed E-state index contributed by atoms with van der Waals surface area (Å²) in [5.74, 6) is 0.437. The van der Waals surface area contributed by atoms with Gasteiger partial charge < -0.3 is 24.1 Å². The highest BCUT2D eigenvalue weighted by Crippen LogP contribution is 2.58. The van der Waals surface area contributed by atoms with Gasteiger partial charge in [-0.1, -0.05) is 25.1 Å². The molecule has 8 rings (SSSR count). The zero-order valence-electron chi connectivity index (χ0n) is 28.6. The maximum atomic E-state index is 13.9. The summed E-state index contributed by atoms with van der Waals surface area (Å²) in [5.41, 5.74) is 5.01. The number of carbonyl (C=O) groups excluding carboxylic acids is 3. The molecule has 5 aliphatic heterocycles. The molecule has 5 heterocycles. The van der Waals surface area contributed by atoms with Crippen molar-refractivity contribution < 1.29 is 38.4 Å². The molecule has 12 heteroatoms. The molecule has 4 unspecified atom stereocenters. The van der Waals surface area contributed by atoms with E-state index in [1.807, 2.05) is 33.9 Å². The van der Waals surface area contributed by atoms with Crippen LogP contribution >= 0.6 is 0 Å². The molecular weight excluding hydrogens is 640 g/mol. The lowest BCUT2D eigenvalue weighted by atomic mass is 9.71. The Morgan fingerprint density at radius 1 is 1.04 bits per heavy atom. The number of amides is 2. The van der Waals surface area contributed by atoms with Crippen LogP contribution in [-0.2, 0) is 17.6 Å². The molecule has 5 atom stereocenters. The largest absolute Gasteiger partial charge is 0.504 e. The molecule has 258 valence electrons. The summed E-state index contributed by atoms with van der Waals surface area (Å²) < 4.78 is 23.9. The first-order valence-corrected chi connectivity index (χ1v) is 17.0. The number of nitrogens with zero attached hydrogens (tertiary/aromatic N) is 4. The average Bonchev–Trinajstić information content (AvgIpc) is 3.67. The lowest BCUT2D eigenvalue weighted by molar-refractivity contribution is -0.134. The van der Waals surface area contributed by atoms with Crippen molar-refractivity contribution in [2.75, 3.05) is 27.5 Å². The Morgan fingerprint density at radius 3 is 2.40 bits per heavy atom. The molecule has 2 bridgehead atoms. The number of hydrogen-bond donors (Lipinski definition) is 1. The number of phenols is 1. The van der Waals surface area contributed by atoms with Crippen molar-refractivity contribution in [2.24, 2.45) is 0 Å². The number of phenolic OH excluding ortho intramolecular Hbond substituents is 1. The van der Waals surface area contributed by atoms with E-state index in [1.165, 1.54) is 12.0 Å². The Labute approximate surface area is 289 Å². The molecule has 50 heavy (non-hydrogen) atoms. The monoisotopic (exact) mass is 678 g/mol. The number of esters is 1. The summed E-state index contributed by atoms with van der Waals surface area (Å²) in [6.07, 6.45) is 1.61. The number of benzene rings is 3. The molecule has 12 nitrogen and oxygen atoms in total. The van der Waals surface area contributed by atoms with E-state index in [0.29, 0.717) is 75.6 Å². The van der Waals surface area contributed by atoms with Crippen LogP contribution in [0.2, 0.25) is 0 Å². The Morgan fingerprint density at radius 2 is 1.74 bits per heavy atom. The number of methoxy groups -OCH3 is 1. The van der Waals surface area contributed by atoms with Crippen LogP contribution in [0.1, 0.15) is 85.9 Å². The topological polar surface area (TPSA) is 142 Å². The van der Waals surface area contributed by atoms with Gasteiger partial charge in [-0.15, -0.1) is 0 Å². The normalized spacial score (nSPS) is 24.6. The van der Waals surface area contributed by atoms with Gasteiger partial charge in [0.1, 0.15) is 11.8 Å². The number of hydrogen-bond acceptors (Lipinski definition) is 11. The van der Waals surface area contributed by atoms with Crippen LogP contribution in [0.15, 0.2) is 30.3 Å². The Hall–Kier alpha value is -5.12. The molecule has 0 radical (unpaired) electrons. The predicted octanol–water partition coefficient (Wildman–Crippen LogP) is 4.52. The molecule has 3 aromatic rings. The fourth-order valence-electron chi connectivity index (χ4n) is 9.09. The summed E-state index contributed by atoms with van der Waals surface area (Å²) >= 11 is 0. The minimum atomic E-state index is -0.745. The molecule has 2 amide bonds. The summed E-state index contributed by atoms with van der Waals surface area (Å²) in [6, 6.07) is 8.75. The molecule has 0 aliphatic carbocycles. The third-order valence-corrected chi connectivity index (χ3v) is 11.2. The molecule has 3 aromatic carbocycles. The van der Waals surface area contributed by atoms with Crippen molar-refractivity contribution in [3.05, 3.63) is 74.8 Å². The van der Waals surface area contributed by atoms with Crippen LogP contribution in [0.4, 0.5) is 0 Å². The van der Waals surface area contributed by atoms with Gasteiger partial charge in [0.05, 0.1) is 36.4 Å². The van der Waals surface area contributed by atoms with Gasteiger partial charge in [-0.3, -0.25) is 29.1 Å². The average molecular weight is 679 g/mol. The van der Waals surface area contributed by atoms with Crippen LogP contribution in [0.3, 0.4) is 0 Å². The van der Waals surface area contributed by atoms with Gasteiger partial charge in [-0.2, -0.15) is 5.26 Å². The van der Waals surface area contributed by atoms with Crippen molar-refractivity contribution in [1.82, 2.24) is 14.7 Å². The van der Waals surface area contributed by atoms with Gasteiger partial charge in [0.25, 0.3) is 11.8 Å². The van der Waals surface area contributed by atoms with Crippen LogP contribution in [-0.4, -0.2) is 83.2 Å². The molecule has 1 saturated heterocycles. The van der Waals surface area contributed by atoms with E-state index < -0.39 is 42.0 Å². The quantitative estimate of drug-likeness (QED) is 0.224. The number of fused-ring (bicyclic) bond motifs is 10. The molecule has 0 spiro atoms. The first-order chi connectivity index (χ1) is 24.1. The molecule has 0 aromatic heterocycles. The van der Waals surface area contributed by atoms with Gasteiger partial charge in [0, 0.05) is 47.3 Å². The highest BCUT2D eigenvalue weighted by atomic mass is 16.7. The zero-order chi connectivity index (χ0) is 35.2. The highest BCUT2D eigenvalue weighted by molar-refractivity contribution is 6.21. The number of likely N-dealkylation sites (N-methyl/N-ethyl adjacent to an activating group) is 1. The Kier molecular flexibility index (Phi) is 7.54. The van der Waals surface area contributed by atoms with E-state index in [4.69, 9.17) is 18.9 Å². The second-order valence-corrected chi connectivity index (χ2v) is 13.7. The maximum Gasteiger partial charge on any atom is 0.311 e. The van der Waals surface area contributed by atoms with Crippen molar-refractivity contribution >= 4 is 17.8 Å². The fourth-order valence-corrected chi connectivity index (χ4v) is 9.09. The van der Waals surface area contributed by atoms with Gasteiger partial charge in [0.2, 0.25) is 6.79 Å². The van der Waals surface area contributed by atoms with E-state index in [9.17, 15) is 24.8 Å². The fraction of sp³-hybridized carbons (Fsp3) is 0.421. The minimum Gasteiger partial charge on any atom is -0.504 e. The Bertz CT molecular complexity index is 2000. The standard InChI is InChI=1S/C38H38N4O8/c1-6-9-28(43)50-34-19(3)35-36(49-17-48-35)30-23(34)14-25-31-29-20(12-18(2)33(47-5)32(29)44)13-24(40(31)4)26(15-39)42(25)27(30)16-41-37(45)21-10-7-8-11-22(21)38(41)46/h7-8,10-12,24-27,31,44H,6,9,13-14,16-17H2,1-5H3/t24?,25?,26?,27-,31?/m0/s1. The molecule has 5 aliphatic rings. The summed E-state index contributed by atoms with van der Waals surface area (Å²) in [6.45, 7) is 5.46. The van der Waals surface area contributed by atoms with Gasteiger partial charge in [0.15, 0.2) is 23.0 Å². The maximum absolute atomic E-state index is 13.9. The van der Waals surface area contributed by atoms with Crippen LogP contribution < -0.4 is 18.9 Å². The van der Waals surface area contributed by atoms with E-state index in [1.54, 1.807) is 24.3 Å². The second kappa shape index (κ2) is 11.7. The van der Waals surface area contributed by atoms with E-state index in [2.05, 4.69) is 15.9 Å². The predicted molar refractivity (Wildman–Crippen MR) is 179 cm³/mol. The van der Waals surface area contributed by atoms with E-state index in [-0.39, 0.29) is 31.5 Å². The first kappa shape index (κ1) is 32.1. The summed E-state index contributed by atoms with van der Waals surface area (Å²) in [4.78, 5) is 46.4. The number of nitriles is 1. The van der Waals surface area contributed by atoms with Crippen LogP contribution in [0.25, 0.3) is 0 Å². The van der Waals surface area contributed by atoms with Crippen molar-refractivity contribution in [3.63, 3.8) is 0 Å². The van der Waals surface area contributed by atoms with Crippen LogP contribution in [0, 0.1) is 25.2 Å². The zero-order valence-corrected chi connectivity index (χ0v) is 28.6. The molecule has 1 N–H and O–H groups in total. The first-order valence-electron chi connectivity index (χ1n) is 17.0. The SMILES string of the molecule is CCCC(=O)Oc1c(C)c2c(c3c1CC1C4c5c(cc(C)c(OC)c5O)CC(C(C#N)N1[C@H]3CN1C(=O)c3ccccc3C1=O)N4C)OCO2. The number of carbonyl (C=O) groups is 3. The van der Waals surface area contributed by atoms with Crippen molar-refractivity contribution in [2.45, 2.75) is 76.7 Å². The van der Waals surface area contributed by atoms with Crippen molar-refractivity contribution in [1.29, 1.82) is 5.26 Å². The van der Waals surface area contributed by atoms with Crippen molar-refractivity contribution in [3.8, 4) is 34.8 Å². The third-order valence-electron chi connectivity index (χ3n) is 11.2. The number of ether oxygens (including phenoxy) is 4. The minimum absolute atomic E-state index is 0.0484. The number of imide groups is 1. The van der Waals surface area contributed by atoms with Gasteiger partial charge >= 0.3 is 5.97 Å². The lowest BCUT2D eigenvalue weighted by Crippen LogP contribution is -2.68. The summed E-state index contributed by atoms with van der Waals surface area (Å²) in [7, 11) is 3.49. The number of rotatable bonds is 6. The molecular formula is C38H38N4O8. The smallest absolute Gasteiger partial charge is 0.311 e. The van der Waals surface area contributed by atoms with E-state index in [0.717, 1.165) is 11.1 Å². The number of piperazine rings is 1. The Balaban J connectivity index is 1.37. The molecule has 0 saturated carbocycles. The van der Waals surface area contributed by atoms with E-state index >= 15 is 0 Å². The summed E-state index contributed by atoms with van der Waals surface area (Å²) in [5, 5.41) is 22.8. The van der Waals surface area contributed by atoms with Gasteiger partial charge in [-0.25, -0.2) is 0 Å². The lowest BCUT2D eigenvalue weighted by Gasteiger charge is -2.60. The highest BCUT2D eigenvalue weighted by Gasteiger charge is 2.57. The van der Waals surface area contributed by atoms with Gasteiger partial charge in [-0.05, 0) is 63.4 Å². The molecule has 1 fully saturated rings. The second-order valence-electron chi connectivity index (χ2n) is 13.7. The number of aromatic hydroxyl groups is 1. The van der Waals surface area contributed by atoms with Crippen LogP contribution in [0.5, 0.6) is 28.7 Å².